The van der Waals surface area contributed by atoms with Crippen molar-refractivity contribution in [1.82, 2.24) is 4.90 Å². The number of rotatable bonds is 4. The lowest BCUT2D eigenvalue weighted by atomic mass is 10.1. The number of ether oxygens (including phenoxy) is 1. The molecule has 1 aromatic rings. The summed E-state index contributed by atoms with van der Waals surface area (Å²) in [5.74, 6) is 0. The molecule has 0 aliphatic heterocycles. The van der Waals surface area contributed by atoms with E-state index in [-0.39, 0.29) is 12.1 Å². The zero-order chi connectivity index (χ0) is 16.0. The Kier molecular flexibility index (Phi) is 5.76. The molecule has 0 saturated carbocycles. The van der Waals surface area contributed by atoms with E-state index in [2.05, 4.69) is 0 Å². The lowest BCUT2D eigenvalue weighted by Gasteiger charge is -2.28. The largest absolute Gasteiger partial charge is 0.619 e. The first-order chi connectivity index (χ1) is 9.69. The zero-order valence-electron chi connectivity index (χ0n) is 13.4. The minimum atomic E-state index is -0.493. The topological polar surface area (TPSA) is 56.5 Å². The molecule has 1 aromatic heterocycles. The predicted octanol–water partition coefficient (Wildman–Crippen LogP) is 2.98. The van der Waals surface area contributed by atoms with Gasteiger partial charge in [-0.05, 0) is 40.2 Å². The van der Waals surface area contributed by atoms with E-state index in [1.807, 2.05) is 45.9 Å². The van der Waals surface area contributed by atoms with Crippen LogP contribution in [0.25, 0.3) is 6.08 Å². The Bertz CT molecular complexity index is 506. The highest BCUT2D eigenvalue weighted by atomic mass is 16.6. The fourth-order valence-corrected chi connectivity index (χ4v) is 1.64. The maximum Gasteiger partial charge on any atom is 0.410 e. The summed E-state index contributed by atoms with van der Waals surface area (Å²) in [6.07, 6.45) is 7.10. The molecule has 21 heavy (non-hydrogen) atoms. The Labute approximate surface area is 126 Å². The van der Waals surface area contributed by atoms with Crippen molar-refractivity contribution < 1.29 is 14.3 Å². The van der Waals surface area contributed by atoms with Gasteiger partial charge in [0.1, 0.15) is 5.60 Å². The molecule has 1 heterocycles. The molecule has 0 fully saturated rings. The Morgan fingerprint density at radius 3 is 2.76 bits per heavy atom. The highest BCUT2D eigenvalue weighted by Gasteiger charge is 2.22. The second-order valence-electron chi connectivity index (χ2n) is 6.08. The van der Waals surface area contributed by atoms with Crippen LogP contribution >= 0.6 is 0 Å². The minimum absolute atomic E-state index is 0.0131. The standard InChI is InChI=1S/C16H24N2O3/c1-13(17(5)15(19)21-16(2,3)4)8-6-9-14-10-7-11-18(20)12-14/h6-7,9-13H,8H2,1-5H3. The smallest absolute Gasteiger partial charge is 0.410 e. The molecule has 0 saturated heterocycles. The fourth-order valence-electron chi connectivity index (χ4n) is 1.64. The monoisotopic (exact) mass is 292 g/mol. The molecule has 0 spiro atoms. The number of hydrogen-bond acceptors (Lipinski definition) is 3. The van der Waals surface area contributed by atoms with Crippen molar-refractivity contribution in [3.05, 3.63) is 41.4 Å². The lowest BCUT2D eigenvalue weighted by Crippen LogP contribution is -2.39. The molecule has 0 aliphatic carbocycles. The molecule has 5 nitrogen and oxygen atoms in total. The maximum absolute atomic E-state index is 11.9. The molecule has 0 radical (unpaired) electrons. The molecule has 116 valence electrons. The van der Waals surface area contributed by atoms with Gasteiger partial charge in [0.15, 0.2) is 12.4 Å². The molecule has 5 heteroatoms. The van der Waals surface area contributed by atoms with Gasteiger partial charge in [0, 0.05) is 24.7 Å². The number of amides is 1. The van der Waals surface area contributed by atoms with Gasteiger partial charge in [0.25, 0.3) is 0 Å². The molecule has 0 N–H and O–H groups in total. The summed E-state index contributed by atoms with van der Waals surface area (Å²) < 4.78 is 6.08. The SMILES string of the molecule is CC(CC=Cc1ccc[n+]([O-])c1)N(C)C(=O)OC(C)(C)C. The van der Waals surface area contributed by atoms with Crippen molar-refractivity contribution in [3.63, 3.8) is 0 Å². The molecule has 1 amide bonds. The van der Waals surface area contributed by atoms with Gasteiger partial charge in [-0.25, -0.2) is 4.79 Å². The molecule has 1 rings (SSSR count). The van der Waals surface area contributed by atoms with Crippen molar-refractivity contribution in [3.8, 4) is 0 Å². The van der Waals surface area contributed by atoms with Gasteiger partial charge in [-0.15, -0.1) is 0 Å². The second-order valence-corrected chi connectivity index (χ2v) is 6.08. The third-order valence-corrected chi connectivity index (χ3v) is 2.93. The van der Waals surface area contributed by atoms with E-state index in [4.69, 9.17) is 4.74 Å². The van der Waals surface area contributed by atoms with Gasteiger partial charge >= 0.3 is 6.09 Å². The molecule has 1 unspecified atom stereocenters. The van der Waals surface area contributed by atoms with Gasteiger partial charge in [0.05, 0.1) is 0 Å². The first-order valence-electron chi connectivity index (χ1n) is 7.00. The van der Waals surface area contributed by atoms with Crippen LogP contribution in [0, 0.1) is 5.21 Å². The van der Waals surface area contributed by atoms with Gasteiger partial charge in [0.2, 0.25) is 0 Å². The summed E-state index contributed by atoms with van der Waals surface area (Å²) in [7, 11) is 1.72. The third kappa shape index (κ3) is 6.29. The van der Waals surface area contributed by atoms with Crippen molar-refractivity contribution in [2.75, 3.05) is 7.05 Å². The van der Waals surface area contributed by atoms with Crippen LogP contribution in [-0.4, -0.2) is 29.7 Å². The van der Waals surface area contributed by atoms with Crippen LogP contribution in [-0.2, 0) is 4.74 Å². The van der Waals surface area contributed by atoms with Crippen LogP contribution in [0.15, 0.2) is 30.6 Å². The quantitative estimate of drug-likeness (QED) is 0.633. The normalized spacial score (nSPS) is 13.2. The Morgan fingerprint density at radius 2 is 2.19 bits per heavy atom. The molecule has 0 aliphatic rings. The van der Waals surface area contributed by atoms with Crippen LogP contribution in [0.5, 0.6) is 0 Å². The Hall–Kier alpha value is -2.04. The summed E-state index contributed by atoms with van der Waals surface area (Å²) in [6.45, 7) is 7.48. The van der Waals surface area contributed by atoms with E-state index in [0.717, 1.165) is 10.3 Å². The van der Waals surface area contributed by atoms with Gasteiger partial charge in [-0.2, -0.15) is 4.73 Å². The first kappa shape index (κ1) is 17.0. The maximum atomic E-state index is 11.9. The van der Waals surface area contributed by atoms with E-state index in [1.165, 1.54) is 12.4 Å². The lowest BCUT2D eigenvalue weighted by molar-refractivity contribution is -0.605. The average Bonchev–Trinajstić information content (AvgIpc) is 2.35. The van der Waals surface area contributed by atoms with E-state index >= 15 is 0 Å². The van der Waals surface area contributed by atoms with Crippen LogP contribution in [0.1, 0.15) is 39.7 Å². The number of carbonyl (C=O) groups is 1. The number of aromatic nitrogens is 1. The highest BCUT2D eigenvalue weighted by molar-refractivity contribution is 5.68. The van der Waals surface area contributed by atoms with E-state index in [0.29, 0.717) is 6.42 Å². The number of carbonyl (C=O) groups excluding carboxylic acids is 1. The van der Waals surface area contributed by atoms with E-state index in [9.17, 15) is 10.0 Å². The molecule has 0 bridgehead atoms. The van der Waals surface area contributed by atoms with Crippen molar-refractivity contribution in [1.29, 1.82) is 0 Å². The summed E-state index contributed by atoms with van der Waals surface area (Å²) >= 11 is 0. The second kappa shape index (κ2) is 7.11. The molecule has 0 aromatic carbocycles. The Morgan fingerprint density at radius 1 is 1.52 bits per heavy atom. The van der Waals surface area contributed by atoms with Crippen LogP contribution in [0.2, 0.25) is 0 Å². The van der Waals surface area contributed by atoms with E-state index in [1.54, 1.807) is 18.0 Å². The zero-order valence-corrected chi connectivity index (χ0v) is 13.4. The van der Waals surface area contributed by atoms with E-state index < -0.39 is 5.60 Å². The van der Waals surface area contributed by atoms with Gasteiger partial charge < -0.3 is 14.8 Å². The Balaban J connectivity index is 2.53. The van der Waals surface area contributed by atoms with Crippen LogP contribution in [0.4, 0.5) is 4.79 Å². The fraction of sp³-hybridized carbons (Fsp3) is 0.500. The van der Waals surface area contributed by atoms with Crippen molar-refractivity contribution >= 4 is 12.2 Å². The minimum Gasteiger partial charge on any atom is -0.619 e. The summed E-state index contributed by atoms with van der Waals surface area (Å²) in [5, 5.41) is 11.1. The summed E-state index contributed by atoms with van der Waals surface area (Å²) in [4.78, 5) is 13.5. The summed E-state index contributed by atoms with van der Waals surface area (Å²) in [6, 6.07) is 3.56. The summed E-state index contributed by atoms with van der Waals surface area (Å²) in [5.41, 5.74) is 0.340. The van der Waals surface area contributed by atoms with Crippen LogP contribution < -0.4 is 4.73 Å². The predicted molar refractivity (Wildman–Crippen MR) is 82.5 cm³/mol. The molecular weight excluding hydrogens is 268 g/mol. The first-order valence-corrected chi connectivity index (χ1v) is 7.00. The number of nitrogens with zero attached hydrogens (tertiary/aromatic N) is 2. The van der Waals surface area contributed by atoms with Crippen molar-refractivity contribution in [2.45, 2.75) is 45.8 Å². The van der Waals surface area contributed by atoms with Crippen LogP contribution in [0.3, 0.4) is 0 Å². The molecular formula is C16H24N2O3. The average molecular weight is 292 g/mol. The molecule has 1 atom stereocenters. The van der Waals surface area contributed by atoms with Crippen molar-refractivity contribution in [2.24, 2.45) is 0 Å². The van der Waals surface area contributed by atoms with Gasteiger partial charge in [-0.3, -0.25) is 0 Å². The number of hydrogen-bond donors (Lipinski definition) is 0. The number of pyridine rings is 1. The van der Waals surface area contributed by atoms with Gasteiger partial charge in [-0.1, -0.05) is 12.2 Å². The highest BCUT2D eigenvalue weighted by Crippen LogP contribution is 2.12. The third-order valence-electron chi connectivity index (χ3n) is 2.93.